The molecule has 4 rings (SSSR count). The number of hydrogen-bond acceptors (Lipinski definition) is 3. The third-order valence-electron chi connectivity index (χ3n) is 4.32. The number of nitrogens with one attached hydrogen (secondary N) is 1. The summed E-state index contributed by atoms with van der Waals surface area (Å²) in [6.45, 7) is 0. The van der Waals surface area contributed by atoms with E-state index in [-0.39, 0.29) is 6.04 Å². The number of aryl methyl sites for hydroxylation is 2. The Balaban J connectivity index is 1.76. The Morgan fingerprint density at radius 2 is 1.86 bits per heavy atom. The molecule has 0 fully saturated rings. The molecule has 0 bridgehead atoms. The van der Waals surface area contributed by atoms with E-state index in [0.29, 0.717) is 0 Å². The predicted molar refractivity (Wildman–Crippen MR) is 89.5 cm³/mol. The van der Waals surface area contributed by atoms with Crippen LogP contribution >= 0.6 is 11.3 Å². The summed E-state index contributed by atoms with van der Waals surface area (Å²) in [5.41, 5.74) is 5.76. The third kappa shape index (κ3) is 2.27. The highest BCUT2D eigenvalue weighted by molar-refractivity contribution is 7.12. The van der Waals surface area contributed by atoms with Crippen LogP contribution < -0.4 is 11.3 Å². The van der Waals surface area contributed by atoms with E-state index in [0.717, 1.165) is 0 Å². The van der Waals surface area contributed by atoms with Crippen molar-refractivity contribution >= 4 is 22.1 Å². The minimum Gasteiger partial charge on any atom is -0.271 e. The van der Waals surface area contributed by atoms with Crippen molar-refractivity contribution in [2.24, 2.45) is 5.84 Å². The molecule has 3 heteroatoms. The lowest BCUT2D eigenvalue weighted by atomic mass is 10.0. The summed E-state index contributed by atoms with van der Waals surface area (Å²) in [7, 11) is 0. The number of hydrogen-bond donors (Lipinski definition) is 2. The van der Waals surface area contributed by atoms with Crippen molar-refractivity contribution in [2.75, 3.05) is 0 Å². The predicted octanol–water partition coefficient (Wildman–Crippen LogP) is 3.94. The van der Waals surface area contributed by atoms with Crippen LogP contribution in [0.25, 0.3) is 10.8 Å². The van der Waals surface area contributed by atoms with Crippen molar-refractivity contribution in [1.82, 2.24) is 5.43 Å². The van der Waals surface area contributed by atoms with E-state index in [4.69, 9.17) is 5.84 Å². The number of thiophene rings is 1. The second-order valence-electron chi connectivity index (χ2n) is 5.66. The van der Waals surface area contributed by atoms with Crippen molar-refractivity contribution in [3.63, 3.8) is 0 Å². The maximum Gasteiger partial charge on any atom is 0.0802 e. The monoisotopic (exact) mass is 294 g/mol. The molecule has 0 saturated carbocycles. The second-order valence-corrected chi connectivity index (χ2v) is 6.83. The quantitative estimate of drug-likeness (QED) is 0.567. The molecule has 3 aromatic rings. The lowest BCUT2D eigenvalue weighted by Gasteiger charge is -2.15. The first-order valence-electron chi connectivity index (χ1n) is 7.41. The first-order chi connectivity index (χ1) is 10.3. The van der Waals surface area contributed by atoms with Crippen LogP contribution in [0.3, 0.4) is 0 Å². The smallest absolute Gasteiger partial charge is 0.0802 e. The van der Waals surface area contributed by atoms with Gasteiger partial charge in [-0.1, -0.05) is 36.4 Å². The van der Waals surface area contributed by atoms with Gasteiger partial charge < -0.3 is 0 Å². The Morgan fingerprint density at radius 1 is 1.00 bits per heavy atom. The van der Waals surface area contributed by atoms with Gasteiger partial charge in [0.05, 0.1) is 6.04 Å². The zero-order valence-electron chi connectivity index (χ0n) is 11.8. The van der Waals surface area contributed by atoms with Gasteiger partial charge in [0.25, 0.3) is 0 Å². The Bertz CT molecular complexity index is 769. The van der Waals surface area contributed by atoms with Crippen LogP contribution in [-0.4, -0.2) is 0 Å². The highest BCUT2D eigenvalue weighted by atomic mass is 32.1. The summed E-state index contributed by atoms with van der Waals surface area (Å²) < 4.78 is 0. The maximum atomic E-state index is 5.86. The summed E-state index contributed by atoms with van der Waals surface area (Å²) >= 11 is 1.91. The fourth-order valence-electron chi connectivity index (χ4n) is 3.22. The molecule has 1 unspecified atom stereocenters. The van der Waals surface area contributed by atoms with Crippen molar-refractivity contribution in [1.29, 1.82) is 0 Å². The Hall–Kier alpha value is -1.68. The Labute approximate surface area is 128 Å². The van der Waals surface area contributed by atoms with Gasteiger partial charge in [0.1, 0.15) is 0 Å². The Morgan fingerprint density at radius 3 is 2.67 bits per heavy atom. The molecule has 1 heterocycles. The SMILES string of the molecule is NNC(c1ccc2ccccc2c1)c1cc2c(s1)CCC2. The van der Waals surface area contributed by atoms with E-state index in [1.165, 1.54) is 46.0 Å². The van der Waals surface area contributed by atoms with Gasteiger partial charge in [-0.2, -0.15) is 0 Å². The molecule has 1 atom stereocenters. The van der Waals surface area contributed by atoms with E-state index < -0.39 is 0 Å². The van der Waals surface area contributed by atoms with Crippen LogP contribution in [-0.2, 0) is 12.8 Å². The molecule has 0 amide bonds. The summed E-state index contributed by atoms with van der Waals surface area (Å²) in [4.78, 5) is 2.88. The molecule has 106 valence electrons. The molecule has 21 heavy (non-hydrogen) atoms. The molecular weight excluding hydrogens is 276 g/mol. The zero-order valence-corrected chi connectivity index (χ0v) is 12.6. The molecule has 2 aromatic carbocycles. The number of nitrogens with two attached hydrogens (primary N) is 1. The van der Waals surface area contributed by atoms with Gasteiger partial charge in [0, 0.05) is 9.75 Å². The molecule has 1 aromatic heterocycles. The highest BCUT2D eigenvalue weighted by Crippen LogP contribution is 2.36. The highest BCUT2D eigenvalue weighted by Gasteiger charge is 2.20. The lowest BCUT2D eigenvalue weighted by Crippen LogP contribution is -2.28. The first kappa shape index (κ1) is 13.0. The average Bonchev–Trinajstić information content (AvgIpc) is 3.09. The van der Waals surface area contributed by atoms with Gasteiger partial charge in [-0.3, -0.25) is 5.84 Å². The molecule has 0 spiro atoms. The normalized spacial score (nSPS) is 15.3. The third-order valence-corrected chi connectivity index (χ3v) is 5.63. The molecule has 3 N–H and O–H groups in total. The zero-order chi connectivity index (χ0) is 14.2. The van der Waals surface area contributed by atoms with Gasteiger partial charge in [0.2, 0.25) is 0 Å². The van der Waals surface area contributed by atoms with Crippen molar-refractivity contribution in [3.05, 3.63) is 69.4 Å². The summed E-state index contributed by atoms with van der Waals surface area (Å²) in [6.07, 6.45) is 3.76. The fraction of sp³-hybridized carbons (Fsp3) is 0.222. The Kier molecular flexibility index (Phi) is 3.26. The number of hydrazine groups is 1. The van der Waals surface area contributed by atoms with E-state index in [1.807, 2.05) is 11.3 Å². The second kappa shape index (κ2) is 5.26. The number of benzene rings is 2. The summed E-state index contributed by atoms with van der Waals surface area (Å²) in [5, 5.41) is 2.53. The topological polar surface area (TPSA) is 38.0 Å². The summed E-state index contributed by atoms with van der Waals surface area (Å²) in [6, 6.07) is 17.5. The van der Waals surface area contributed by atoms with Crippen molar-refractivity contribution in [2.45, 2.75) is 25.3 Å². The van der Waals surface area contributed by atoms with Gasteiger partial charge in [-0.15, -0.1) is 11.3 Å². The van der Waals surface area contributed by atoms with E-state index in [2.05, 4.69) is 54.0 Å². The molecule has 1 aliphatic rings. The largest absolute Gasteiger partial charge is 0.271 e. The van der Waals surface area contributed by atoms with Crippen molar-refractivity contribution < 1.29 is 0 Å². The van der Waals surface area contributed by atoms with Gasteiger partial charge in [-0.05, 0) is 53.3 Å². The fourth-order valence-corrected chi connectivity index (χ4v) is 4.57. The molecule has 0 radical (unpaired) electrons. The van der Waals surface area contributed by atoms with Crippen molar-refractivity contribution in [3.8, 4) is 0 Å². The van der Waals surface area contributed by atoms with Crippen LogP contribution in [0.1, 0.15) is 33.3 Å². The minimum absolute atomic E-state index is 0.0882. The van der Waals surface area contributed by atoms with Crippen LogP contribution in [0.5, 0.6) is 0 Å². The molecular formula is C18H18N2S. The molecule has 0 aliphatic heterocycles. The molecule has 1 aliphatic carbocycles. The van der Waals surface area contributed by atoms with Crippen LogP contribution in [0.4, 0.5) is 0 Å². The maximum absolute atomic E-state index is 5.86. The van der Waals surface area contributed by atoms with Crippen LogP contribution in [0.2, 0.25) is 0 Å². The number of fused-ring (bicyclic) bond motifs is 2. The standard InChI is InChI=1S/C18H18N2S/c19-20-18(17-11-14-6-3-7-16(14)21-17)15-9-8-12-4-1-2-5-13(12)10-15/h1-2,4-5,8-11,18,20H,3,6-7,19H2. The first-order valence-corrected chi connectivity index (χ1v) is 8.23. The van der Waals surface area contributed by atoms with Crippen LogP contribution in [0.15, 0.2) is 48.5 Å². The van der Waals surface area contributed by atoms with E-state index in [1.54, 1.807) is 4.88 Å². The van der Waals surface area contributed by atoms with E-state index in [9.17, 15) is 0 Å². The van der Waals surface area contributed by atoms with Crippen LogP contribution in [0, 0.1) is 0 Å². The molecule has 2 nitrogen and oxygen atoms in total. The van der Waals surface area contributed by atoms with Gasteiger partial charge >= 0.3 is 0 Å². The minimum atomic E-state index is 0.0882. The van der Waals surface area contributed by atoms with E-state index >= 15 is 0 Å². The average molecular weight is 294 g/mol. The van der Waals surface area contributed by atoms with Gasteiger partial charge in [-0.25, -0.2) is 5.43 Å². The number of rotatable bonds is 3. The summed E-state index contributed by atoms with van der Waals surface area (Å²) in [5.74, 6) is 5.86. The van der Waals surface area contributed by atoms with Gasteiger partial charge in [0.15, 0.2) is 0 Å². The molecule has 0 saturated heterocycles. The lowest BCUT2D eigenvalue weighted by molar-refractivity contribution is 0.646.